The predicted octanol–water partition coefficient (Wildman–Crippen LogP) is 3.36. The van der Waals surface area contributed by atoms with Crippen LogP contribution in [0.15, 0.2) is 18.2 Å². The van der Waals surface area contributed by atoms with E-state index >= 15 is 0 Å². The topological polar surface area (TPSA) is 34.1 Å². The average molecular weight is 302 g/mol. The second-order valence-electron chi connectivity index (χ2n) is 4.79. The number of aromatic nitrogens is 1. The number of hydrogen-bond acceptors (Lipinski definition) is 4. The van der Waals surface area contributed by atoms with Crippen LogP contribution in [0.3, 0.4) is 0 Å². The lowest BCUT2D eigenvalue weighted by Crippen LogP contribution is -2.15. The molecule has 1 N–H and O–H groups in total. The molecule has 0 radical (unpaired) electrons. The Bertz CT molecular complexity index is 626. The van der Waals surface area contributed by atoms with Crippen LogP contribution >= 0.6 is 11.3 Å². The Balaban J connectivity index is 1.91. The second kappa shape index (κ2) is 4.98. The molecule has 1 aliphatic heterocycles. The van der Waals surface area contributed by atoms with Gasteiger partial charge in [0.15, 0.2) is 0 Å². The van der Waals surface area contributed by atoms with E-state index in [2.05, 4.69) is 10.3 Å². The largest absolute Gasteiger partial charge is 0.416 e. The maximum absolute atomic E-state index is 12.7. The highest BCUT2D eigenvalue weighted by Gasteiger charge is 2.31. The van der Waals surface area contributed by atoms with Crippen molar-refractivity contribution in [3.63, 3.8) is 0 Å². The van der Waals surface area contributed by atoms with Gasteiger partial charge in [-0.05, 0) is 24.6 Å². The molecule has 1 aromatic heterocycles. The first-order valence-corrected chi connectivity index (χ1v) is 7.03. The maximum Gasteiger partial charge on any atom is 0.416 e. The minimum atomic E-state index is -4.33. The molecular formula is C13H13F3N2OS. The second-order valence-corrected chi connectivity index (χ2v) is 5.85. The molecule has 1 aliphatic rings. The number of fused-ring (bicyclic) bond motifs is 1. The minimum absolute atomic E-state index is 0.0617. The van der Waals surface area contributed by atoms with Crippen molar-refractivity contribution in [3.05, 3.63) is 28.8 Å². The molecule has 0 spiro atoms. The summed E-state index contributed by atoms with van der Waals surface area (Å²) < 4.78 is 44.0. The fourth-order valence-corrected chi connectivity index (χ4v) is 3.38. The highest BCUT2D eigenvalue weighted by Crippen LogP contribution is 2.35. The van der Waals surface area contributed by atoms with E-state index < -0.39 is 11.7 Å². The fourth-order valence-electron chi connectivity index (χ4n) is 2.34. The molecule has 7 heteroatoms. The first-order valence-electron chi connectivity index (χ1n) is 6.21. The summed E-state index contributed by atoms with van der Waals surface area (Å²) in [5, 5.41) is 4.10. The predicted molar refractivity (Wildman–Crippen MR) is 70.8 cm³/mol. The number of methoxy groups -OCH3 is 1. The van der Waals surface area contributed by atoms with Crippen molar-refractivity contribution in [2.24, 2.45) is 0 Å². The van der Waals surface area contributed by atoms with Crippen LogP contribution in [0, 0.1) is 0 Å². The monoisotopic (exact) mass is 302 g/mol. The van der Waals surface area contributed by atoms with E-state index in [0.29, 0.717) is 5.52 Å². The number of alkyl halides is 3. The van der Waals surface area contributed by atoms with Crippen LogP contribution in [0.5, 0.6) is 0 Å². The highest BCUT2D eigenvalue weighted by atomic mass is 32.1. The van der Waals surface area contributed by atoms with Gasteiger partial charge in [-0.2, -0.15) is 13.2 Å². The van der Waals surface area contributed by atoms with E-state index in [9.17, 15) is 13.2 Å². The Morgan fingerprint density at radius 3 is 2.85 bits per heavy atom. The lowest BCUT2D eigenvalue weighted by molar-refractivity contribution is -0.137. The van der Waals surface area contributed by atoms with Crippen LogP contribution in [-0.4, -0.2) is 24.7 Å². The number of benzene rings is 1. The number of nitrogens with zero attached hydrogens (tertiary/aromatic N) is 1. The van der Waals surface area contributed by atoms with E-state index in [1.165, 1.54) is 17.4 Å². The van der Waals surface area contributed by atoms with Crippen molar-refractivity contribution in [3.8, 4) is 0 Å². The lowest BCUT2D eigenvalue weighted by Gasteiger charge is -2.05. The third-order valence-corrected chi connectivity index (χ3v) is 4.60. The third kappa shape index (κ3) is 2.53. The molecule has 2 aromatic rings. The minimum Gasteiger partial charge on any atom is -0.380 e. The van der Waals surface area contributed by atoms with E-state index in [1.54, 1.807) is 7.11 Å². The maximum atomic E-state index is 12.7. The van der Waals surface area contributed by atoms with Crippen molar-refractivity contribution in [2.45, 2.75) is 24.7 Å². The SMILES string of the molecule is COC1CNC(c2nc3cc(C(F)(F)F)ccc3s2)C1. The molecule has 0 amide bonds. The first-order chi connectivity index (χ1) is 9.47. The van der Waals surface area contributed by atoms with Crippen LogP contribution < -0.4 is 5.32 Å². The Kier molecular flexibility index (Phi) is 3.43. The molecule has 2 unspecified atom stereocenters. The summed E-state index contributed by atoms with van der Waals surface area (Å²) in [6, 6.07) is 3.76. The zero-order chi connectivity index (χ0) is 14.3. The fraction of sp³-hybridized carbons (Fsp3) is 0.462. The van der Waals surface area contributed by atoms with Crippen LogP contribution in [-0.2, 0) is 10.9 Å². The van der Waals surface area contributed by atoms with Crippen molar-refractivity contribution < 1.29 is 17.9 Å². The summed E-state index contributed by atoms with van der Waals surface area (Å²) in [5.41, 5.74) is -0.251. The Morgan fingerprint density at radius 2 is 2.20 bits per heavy atom. The molecule has 1 saturated heterocycles. The number of rotatable bonds is 2. The normalized spacial score (nSPS) is 23.6. The quantitative estimate of drug-likeness (QED) is 0.923. The van der Waals surface area contributed by atoms with Gasteiger partial charge in [0.2, 0.25) is 0 Å². The zero-order valence-electron chi connectivity index (χ0n) is 10.7. The molecule has 0 bridgehead atoms. The van der Waals surface area contributed by atoms with Gasteiger partial charge in [-0.25, -0.2) is 4.98 Å². The molecule has 3 rings (SSSR count). The van der Waals surface area contributed by atoms with Crippen LogP contribution in [0.1, 0.15) is 23.0 Å². The van der Waals surface area contributed by atoms with E-state index in [-0.39, 0.29) is 12.1 Å². The van der Waals surface area contributed by atoms with Gasteiger partial charge in [-0.3, -0.25) is 0 Å². The van der Waals surface area contributed by atoms with Gasteiger partial charge in [0, 0.05) is 13.7 Å². The van der Waals surface area contributed by atoms with Crippen LogP contribution in [0.25, 0.3) is 10.2 Å². The van der Waals surface area contributed by atoms with Gasteiger partial charge in [-0.15, -0.1) is 11.3 Å². The van der Waals surface area contributed by atoms with Crippen molar-refractivity contribution in [2.75, 3.05) is 13.7 Å². The molecule has 108 valence electrons. The van der Waals surface area contributed by atoms with Crippen LogP contribution in [0.2, 0.25) is 0 Å². The molecule has 1 aromatic carbocycles. The molecule has 2 heterocycles. The number of thiazole rings is 1. The van der Waals surface area contributed by atoms with Gasteiger partial charge in [-0.1, -0.05) is 0 Å². The summed E-state index contributed by atoms with van der Waals surface area (Å²) in [5.74, 6) is 0. The van der Waals surface area contributed by atoms with E-state index in [1.807, 2.05) is 0 Å². The highest BCUT2D eigenvalue weighted by molar-refractivity contribution is 7.18. The molecular weight excluding hydrogens is 289 g/mol. The van der Waals surface area contributed by atoms with Crippen molar-refractivity contribution >= 4 is 21.6 Å². The first kappa shape index (κ1) is 13.8. The molecule has 0 aliphatic carbocycles. The van der Waals surface area contributed by atoms with Gasteiger partial charge < -0.3 is 10.1 Å². The van der Waals surface area contributed by atoms with Gasteiger partial charge in [0.05, 0.1) is 27.9 Å². The summed E-state index contributed by atoms with van der Waals surface area (Å²) in [6.07, 6.45) is -3.40. The number of ether oxygens (including phenoxy) is 1. The number of nitrogens with one attached hydrogen (secondary N) is 1. The van der Waals surface area contributed by atoms with Gasteiger partial charge in [0.1, 0.15) is 5.01 Å². The number of hydrogen-bond donors (Lipinski definition) is 1. The molecule has 2 atom stereocenters. The Labute approximate surface area is 117 Å². The van der Waals surface area contributed by atoms with Crippen LogP contribution in [0.4, 0.5) is 13.2 Å². The smallest absolute Gasteiger partial charge is 0.380 e. The third-order valence-electron chi connectivity index (χ3n) is 3.45. The summed E-state index contributed by atoms with van der Waals surface area (Å²) in [6.45, 7) is 0.741. The van der Waals surface area contributed by atoms with Gasteiger partial charge >= 0.3 is 6.18 Å². The summed E-state index contributed by atoms with van der Waals surface area (Å²) >= 11 is 1.43. The zero-order valence-corrected chi connectivity index (χ0v) is 11.5. The molecule has 20 heavy (non-hydrogen) atoms. The summed E-state index contributed by atoms with van der Waals surface area (Å²) in [7, 11) is 1.66. The molecule has 3 nitrogen and oxygen atoms in total. The van der Waals surface area contributed by atoms with E-state index in [4.69, 9.17) is 4.74 Å². The standard InChI is InChI=1S/C13H13F3N2OS/c1-19-8-5-10(17-6-8)12-18-9-4-7(13(14,15)16)2-3-11(9)20-12/h2-4,8,10,17H,5-6H2,1H3. The molecule has 0 saturated carbocycles. The van der Waals surface area contributed by atoms with Crippen molar-refractivity contribution in [1.29, 1.82) is 0 Å². The Hall–Kier alpha value is -1.18. The van der Waals surface area contributed by atoms with Gasteiger partial charge in [0.25, 0.3) is 0 Å². The average Bonchev–Trinajstić information content (AvgIpc) is 3.02. The van der Waals surface area contributed by atoms with E-state index in [0.717, 1.165) is 34.8 Å². The Morgan fingerprint density at radius 1 is 1.40 bits per heavy atom. The number of halogens is 3. The molecule has 1 fully saturated rings. The summed E-state index contributed by atoms with van der Waals surface area (Å²) in [4.78, 5) is 4.34. The van der Waals surface area contributed by atoms with Crippen molar-refractivity contribution in [1.82, 2.24) is 10.3 Å². The lowest BCUT2D eigenvalue weighted by atomic mass is 10.2.